The zero-order chi connectivity index (χ0) is 15.4. The maximum absolute atomic E-state index is 9.12. The van der Waals surface area contributed by atoms with Crippen LogP contribution in [0, 0.1) is 22.7 Å². The van der Waals surface area contributed by atoms with E-state index < -0.39 is 0 Å². The van der Waals surface area contributed by atoms with Gasteiger partial charge in [-0.05, 0) is 33.6 Å². The first kappa shape index (κ1) is 14.9. The molecule has 6 nitrogen and oxygen atoms in total. The quantitative estimate of drug-likeness (QED) is 0.848. The summed E-state index contributed by atoms with van der Waals surface area (Å²) in [5, 5.41) is 18.0. The number of nitrogens with zero attached hydrogens (tertiary/aromatic N) is 4. The lowest BCUT2D eigenvalue weighted by Crippen LogP contribution is -2.03. The topological polar surface area (TPSA) is 83.9 Å². The van der Waals surface area contributed by atoms with Gasteiger partial charge in [-0.15, -0.1) is 0 Å². The van der Waals surface area contributed by atoms with Gasteiger partial charge in [-0.1, -0.05) is 0 Å². The molecule has 1 aromatic heterocycles. The lowest BCUT2D eigenvalue weighted by molar-refractivity contribution is 0.352. The number of ether oxygens (including phenoxy) is 2. The SMILES string of the molecule is COc1cc(Cn2cnc(C#N)c2C#N)cc(Br)c1OC. The molecule has 2 aromatic rings. The molecule has 21 heavy (non-hydrogen) atoms. The van der Waals surface area contributed by atoms with E-state index in [0.29, 0.717) is 18.0 Å². The average Bonchev–Trinajstić information content (AvgIpc) is 2.88. The van der Waals surface area contributed by atoms with Crippen LogP contribution in [0.2, 0.25) is 0 Å². The second-order valence-corrected chi connectivity index (χ2v) is 4.96. The largest absolute Gasteiger partial charge is 0.493 e. The van der Waals surface area contributed by atoms with E-state index in [1.54, 1.807) is 18.8 Å². The van der Waals surface area contributed by atoms with Crippen molar-refractivity contribution in [3.63, 3.8) is 0 Å². The summed E-state index contributed by atoms with van der Waals surface area (Å²) in [7, 11) is 3.12. The van der Waals surface area contributed by atoms with Gasteiger partial charge in [-0.25, -0.2) is 4.98 Å². The van der Waals surface area contributed by atoms with Crippen LogP contribution in [0.1, 0.15) is 17.0 Å². The molecule has 1 heterocycles. The normalized spacial score (nSPS) is 9.76. The van der Waals surface area contributed by atoms with Gasteiger partial charge >= 0.3 is 0 Å². The van der Waals surface area contributed by atoms with E-state index in [2.05, 4.69) is 20.9 Å². The molecule has 7 heteroatoms. The lowest BCUT2D eigenvalue weighted by atomic mass is 10.2. The van der Waals surface area contributed by atoms with Crippen molar-refractivity contribution in [1.29, 1.82) is 10.5 Å². The van der Waals surface area contributed by atoms with Gasteiger partial charge in [-0.2, -0.15) is 10.5 Å². The summed E-state index contributed by atoms with van der Waals surface area (Å²) in [4.78, 5) is 3.91. The van der Waals surface area contributed by atoms with Crippen LogP contribution < -0.4 is 9.47 Å². The Labute approximate surface area is 130 Å². The average molecular weight is 347 g/mol. The van der Waals surface area contributed by atoms with E-state index in [1.807, 2.05) is 24.3 Å². The van der Waals surface area contributed by atoms with Crippen molar-refractivity contribution in [2.45, 2.75) is 6.54 Å². The second kappa shape index (κ2) is 6.29. The van der Waals surface area contributed by atoms with Gasteiger partial charge in [0.25, 0.3) is 0 Å². The molecule has 0 aliphatic carbocycles. The minimum absolute atomic E-state index is 0.122. The van der Waals surface area contributed by atoms with Crippen LogP contribution in [0.25, 0.3) is 0 Å². The predicted molar refractivity (Wildman–Crippen MR) is 78.0 cm³/mol. The number of halogens is 1. The smallest absolute Gasteiger partial charge is 0.176 e. The minimum atomic E-state index is 0.122. The van der Waals surface area contributed by atoms with E-state index in [0.717, 1.165) is 10.0 Å². The van der Waals surface area contributed by atoms with Crippen molar-refractivity contribution < 1.29 is 9.47 Å². The van der Waals surface area contributed by atoms with Crippen LogP contribution in [-0.4, -0.2) is 23.8 Å². The number of nitriles is 2. The van der Waals surface area contributed by atoms with Crippen molar-refractivity contribution >= 4 is 15.9 Å². The first-order chi connectivity index (χ1) is 10.1. The summed E-state index contributed by atoms with van der Waals surface area (Å²) < 4.78 is 12.9. The number of benzene rings is 1. The summed E-state index contributed by atoms with van der Waals surface area (Å²) in [6.07, 6.45) is 1.47. The maximum atomic E-state index is 9.12. The van der Waals surface area contributed by atoms with Crippen LogP contribution in [0.15, 0.2) is 22.9 Å². The highest BCUT2D eigenvalue weighted by Gasteiger charge is 2.14. The highest BCUT2D eigenvalue weighted by Crippen LogP contribution is 2.36. The zero-order valence-electron chi connectivity index (χ0n) is 11.4. The Morgan fingerprint density at radius 2 is 2.00 bits per heavy atom. The van der Waals surface area contributed by atoms with E-state index in [9.17, 15) is 0 Å². The summed E-state index contributed by atoms with van der Waals surface area (Å²) in [5.41, 5.74) is 1.25. The fourth-order valence-electron chi connectivity index (χ4n) is 1.96. The molecule has 0 unspecified atom stereocenters. The Balaban J connectivity index is 2.42. The van der Waals surface area contributed by atoms with E-state index in [4.69, 9.17) is 20.0 Å². The fraction of sp³-hybridized carbons (Fsp3) is 0.214. The van der Waals surface area contributed by atoms with E-state index in [-0.39, 0.29) is 11.4 Å². The Bertz CT molecular complexity index is 756. The van der Waals surface area contributed by atoms with Crippen LogP contribution in [0.4, 0.5) is 0 Å². The molecule has 0 aliphatic heterocycles. The summed E-state index contributed by atoms with van der Waals surface area (Å²) >= 11 is 3.42. The van der Waals surface area contributed by atoms with Crippen LogP contribution >= 0.6 is 15.9 Å². The Morgan fingerprint density at radius 1 is 1.24 bits per heavy atom. The Hall–Kier alpha value is -2.51. The van der Waals surface area contributed by atoms with Gasteiger partial charge in [0.1, 0.15) is 12.1 Å². The zero-order valence-corrected chi connectivity index (χ0v) is 13.0. The van der Waals surface area contributed by atoms with Gasteiger partial charge < -0.3 is 14.0 Å². The van der Waals surface area contributed by atoms with E-state index >= 15 is 0 Å². The maximum Gasteiger partial charge on any atom is 0.176 e. The van der Waals surface area contributed by atoms with Crippen molar-refractivity contribution in [3.8, 4) is 23.6 Å². The number of hydrogen-bond acceptors (Lipinski definition) is 5. The van der Waals surface area contributed by atoms with Gasteiger partial charge in [0.2, 0.25) is 0 Å². The van der Waals surface area contributed by atoms with Crippen LogP contribution in [0.3, 0.4) is 0 Å². The molecule has 0 saturated carbocycles. The predicted octanol–water partition coefficient (Wildman–Crippen LogP) is 2.45. The molecule has 2 rings (SSSR count). The molecule has 0 aliphatic rings. The lowest BCUT2D eigenvalue weighted by Gasteiger charge is -2.12. The Morgan fingerprint density at radius 3 is 2.57 bits per heavy atom. The second-order valence-electron chi connectivity index (χ2n) is 4.11. The first-order valence-corrected chi connectivity index (χ1v) is 6.69. The highest BCUT2D eigenvalue weighted by molar-refractivity contribution is 9.10. The monoisotopic (exact) mass is 346 g/mol. The number of imidazole rings is 1. The van der Waals surface area contributed by atoms with Gasteiger partial charge in [0.05, 0.1) is 25.0 Å². The fourth-order valence-corrected chi connectivity index (χ4v) is 2.61. The van der Waals surface area contributed by atoms with Crippen molar-refractivity contribution in [3.05, 3.63) is 39.9 Å². The molecule has 0 saturated heterocycles. The summed E-state index contributed by atoms with van der Waals surface area (Å²) in [6.45, 7) is 0.399. The third-order valence-corrected chi connectivity index (χ3v) is 3.48. The van der Waals surface area contributed by atoms with Gasteiger partial charge in [-0.3, -0.25) is 0 Å². The number of hydrogen-bond donors (Lipinski definition) is 0. The van der Waals surface area contributed by atoms with Crippen LogP contribution in [0.5, 0.6) is 11.5 Å². The standard InChI is InChI=1S/C14H11BrN4O2/c1-20-13-4-9(3-10(15)14(13)21-2)7-19-8-18-11(5-16)12(19)6-17/h3-4,8H,7H2,1-2H3. The number of aromatic nitrogens is 2. The first-order valence-electron chi connectivity index (χ1n) is 5.90. The molecule has 106 valence electrons. The van der Waals surface area contributed by atoms with Crippen molar-refractivity contribution in [2.75, 3.05) is 14.2 Å². The van der Waals surface area contributed by atoms with Gasteiger partial charge in [0.15, 0.2) is 22.9 Å². The molecule has 0 radical (unpaired) electrons. The molecule has 0 bridgehead atoms. The summed E-state index contributed by atoms with van der Waals surface area (Å²) in [6, 6.07) is 7.57. The highest BCUT2D eigenvalue weighted by atomic mass is 79.9. The summed E-state index contributed by atoms with van der Waals surface area (Å²) in [5.74, 6) is 1.19. The molecule has 0 amide bonds. The van der Waals surface area contributed by atoms with E-state index in [1.165, 1.54) is 6.33 Å². The molecular formula is C14H11BrN4O2. The molecular weight excluding hydrogens is 336 g/mol. The molecule has 0 spiro atoms. The molecule has 0 N–H and O–H groups in total. The van der Waals surface area contributed by atoms with Crippen LogP contribution in [-0.2, 0) is 6.54 Å². The minimum Gasteiger partial charge on any atom is -0.493 e. The van der Waals surface area contributed by atoms with Gasteiger partial charge in [0, 0.05) is 6.54 Å². The Kier molecular flexibility index (Phi) is 4.46. The molecule has 0 atom stereocenters. The third kappa shape index (κ3) is 2.83. The number of methoxy groups -OCH3 is 2. The molecule has 1 aromatic carbocycles. The van der Waals surface area contributed by atoms with Crippen molar-refractivity contribution in [2.24, 2.45) is 0 Å². The number of rotatable bonds is 4. The van der Waals surface area contributed by atoms with Crippen molar-refractivity contribution in [1.82, 2.24) is 9.55 Å². The third-order valence-electron chi connectivity index (χ3n) is 2.90. The molecule has 0 fully saturated rings.